The van der Waals surface area contributed by atoms with E-state index in [2.05, 4.69) is 45.0 Å². The fourth-order valence-electron chi connectivity index (χ4n) is 3.72. The van der Waals surface area contributed by atoms with Crippen molar-refractivity contribution in [3.63, 3.8) is 0 Å². The van der Waals surface area contributed by atoms with Gasteiger partial charge in [-0.3, -0.25) is 0 Å². The Morgan fingerprint density at radius 2 is 1.68 bits per heavy atom. The summed E-state index contributed by atoms with van der Waals surface area (Å²) in [5.41, 5.74) is 7.31. The standard InChI is InChI=1S/C26H31ClN2O2/c1-17(2)14-19-7-10-21(11-8-19)24-13-6-18(3)25(29-26(28-24)31-5)22-15-20(16-30-4)9-12-23(22)27/h7-12,15,17H,6,13-14,16H2,1-5H3. The average molecular weight is 439 g/mol. The maximum Gasteiger partial charge on any atom is 0.316 e. The first kappa shape index (κ1) is 23.2. The van der Waals surface area contributed by atoms with Crippen molar-refractivity contribution in [2.24, 2.45) is 15.9 Å². The summed E-state index contributed by atoms with van der Waals surface area (Å²) in [6, 6.07) is 14.9. The summed E-state index contributed by atoms with van der Waals surface area (Å²) in [5.74, 6) is 0.636. The molecule has 3 rings (SSSR count). The third-order valence-electron chi connectivity index (χ3n) is 5.29. The van der Waals surface area contributed by atoms with Crippen molar-refractivity contribution >= 4 is 29.0 Å². The molecule has 0 N–H and O–H groups in total. The summed E-state index contributed by atoms with van der Waals surface area (Å²) in [4.78, 5) is 9.52. The number of hydrogen-bond acceptors (Lipinski definition) is 4. The molecule has 1 aliphatic rings. The quantitative estimate of drug-likeness (QED) is 0.503. The highest BCUT2D eigenvalue weighted by Gasteiger charge is 2.17. The lowest BCUT2D eigenvalue weighted by atomic mass is 9.96. The minimum Gasteiger partial charge on any atom is -0.467 e. The van der Waals surface area contributed by atoms with Crippen LogP contribution in [0.15, 0.2) is 58.0 Å². The van der Waals surface area contributed by atoms with Crippen molar-refractivity contribution < 1.29 is 9.47 Å². The Hall–Kier alpha value is -2.43. The van der Waals surface area contributed by atoms with E-state index in [1.165, 1.54) is 5.56 Å². The van der Waals surface area contributed by atoms with Gasteiger partial charge in [0.15, 0.2) is 0 Å². The normalized spacial score (nSPS) is 14.8. The lowest BCUT2D eigenvalue weighted by Gasteiger charge is -2.17. The van der Waals surface area contributed by atoms with Crippen LogP contribution in [-0.2, 0) is 22.5 Å². The van der Waals surface area contributed by atoms with E-state index in [4.69, 9.17) is 31.1 Å². The molecule has 1 aliphatic heterocycles. The third kappa shape index (κ3) is 6.05. The Bertz CT molecular complexity index is 1000. The number of hydrogen-bond donors (Lipinski definition) is 0. The molecule has 5 heteroatoms. The molecule has 0 aromatic heterocycles. The Kier molecular flexibility index (Phi) is 8.05. The first-order valence-electron chi connectivity index (χ1n) is 10.7. The van der Waals surface area contributed by atoms with Crippen molar-refractivity contribution in [3.8, 4) is 0 Å². The molecule has 0 saturated heterocycles. The molecule has 2 aromatic rings. The number of halogens is 1. The van der Waals surface area contributed by atoms with Gasteiger partial charge in [0.2, 0.25) is 0 Å². The average Bonchev–Trinajstić information content (AvgIpc) is 2.74. The highest BCUT2D eigenvalue weighted by molar-refractivity contribution is 6.32. The van der Waals surface area contributed by atoms with Gasteiger partial charge < -0.3 is 9.47 Å². The molecule has 0 unspecified atom stereocenters. The predicted octanol–water partition coefficient (Wildman–Crippen LogP) is 6.70. The zero-order chi connectivity index (χ0) is 22.4. The van der Waals surface area contributed by atoms with E-state index in [0.717, 1.165) is 52.9 Å². The van der Waals surface area contributed by atoms with Gasteiger partial charge in [0.25, 0.3) is 0 Å². The van der Waals surface area contributed by atoms with Crippen LogP contribution < -0.4 is 0 Å². The molecule has 0 fully saturated rings. The van der Waals surface area contributed by atoms with Gasteiger partial charge >= 0.3 is 6.02 Å². The van der Waals surface area contributed by atoms with Crippen molar-refractivity contribution in [1.82, 2.24) is 0 Å². The van der Waals surface area contributed by atoms with Crippen LogP contribution >= 0.6 is 11.6 Å². The fourth-order valence-corrected chi connectivity index (χ4v) is 3.92. The fraction of sp³-hybridized carbons (Fsp3) is 0.385. The van der Waals surface area contributed by atoms with E-state index in [1.807, 2.05) is 18.2 Å². The van der Waals surface area contributed by atoms with E-state index in [1.54, 1.807) is 14.2 Å². The lowest BCUT2D eigenvalue weighted by molar-refractivity contribution is 0.185. The van der Waals surface area contributed by atoms with Gasteiger partial charge in [0.05, 0.1) is 25.1 Å². The SMILES string of the molecule is COCc1ccc(Cl)c(C2=C(C)CCC(c3ccc(CC(C)C)cc3)=NC(OC)=N2)c1. The van der Waals surface area contributed by atoms with E-state index < -0.39 is 0 Å². The molecule has 0 atom stereocenters. The van der Waals surface area contributed by atoms with Crippen molar-refractivity contribution in [1.29, 1.82) is 0 Å². The smallest absolute Gasteiger partial charge is 0.316 e. The number of nitrogens with zero attached hydrogens (tertiary/aromatic N) is 2. The third-order valence-corrected chi connectivity index (χ3v) is 5.62. The number of benzene rings is 2. The monoisotopic (exact) mass is 438 g/mol. The zero-order valence-corrected chi connectivity index (χ0v) is 19.8. The van der Waals surface area contributed by atoms with Crippen LogP contribution in [0.3, 0.4) is 0 Å². The zero-order valence-electron chi connectivity index (χ0n) is 19.0. The van der Waals surface area contributed by atoms with Crippen LogP contribution in [0.2, 0.25) is 5.02 Å². The van der Waals surface area contributed by atoms with E-state index in [-0.39, 0.29) is 0 Å². The minimum absolute atomic E-state index is 0.337. The highest BCUT2D eigenvalue weighted by atomic mass is 35.5. The van der Waals surface area contributed by atoms with Gasteiger partial charge in [-0.15, -0.1) is 0 Å². The Morgan fingerprint density at radius 1 is 0.968 bits per heavy atom. The number of amidine groups is 1. The predicted molar refractivity (Wildman–Crippen MR) is 130 cm³/mol. The maximum absolute atomic E-state index is 6.53. The maximum atomic E-state index is 6.53. The van der Waals surface area contributed by atoms with Gasteiger partial charge in [-0.1, -0.05) is 55.8 Å². The highest BCUT2D eigenvalue weighted by Crippen LogP contribution is 2.32. The number of methoxy groups -OCH3 is 2. The Morgan fingerprint density at radius 3 is 2.32 bits per heavy atom. The molecule has 31 heavy (non-hydrogen) atoms. The first-order chi connectivity index (χ1) is 14.9. The molecule has 0 bridgehead atoms. The summed E-state index contributed by atoms with van der Waals surface area (Å²) in [5, 5.41) is 0.652. The number of ether oxygens (including phenoxy) is 2. The van der Waals surface area contributed by atoms with Crippen LogP contribution in [-0.4, -0.2) is 26.0 Å². The van der Waals surface area contributed by atoms with Gasteiger partial charge in [-0.25, -0.2) is 0 Å². The molecule has 0 radical (unpaired) electrons. The van der Waals surface area contributed by atoms with Gasteiger partial charge in [0.1, 0.15) is 0 Å². The van der Waals surface area contributed by atoms with E-state index in [0.29, 0.717) is 23.6 Å². The second kappa shape index (κ2) is 10.7. The van der Waals surface area contributed by atoms with Crippen molar-refractivity contribution in [3.05, 3.63) is 75.3 Å². The Labute approximate surface area is 190 Å². The number of aliphatic imine (C=N–C) groups is 2. The van der Waals surface area contributed by atoms with Gasteiger partial charge in [-0.05, 0) is 66.5 Å². The second-order valence-corrected chi connectivity index (χ2v) is 8.74. The topological polar surface area (TPSA) is 43.2 Å². The first-order valence-corrected chi connectivity index (χ1v) is 11.1. The van der Waals surface area contributed by atoms with E-state index in [9.17, 15) is 0 Å². The minimum atomic E-state index is 0.337. The number of rotatable bonds is 6. The molecular formula is C26H31ClN2O2. The van der Waals surface area contributed by atoms with Crippen molar-refractivity contribution in [2.45, 2.75) is 46.6 Å². The van der Waals surface area contributed by atoms with Gasteiger partial charge in [0, 0.05) is 17.7 Å². The van der Waals surface area contributed by atoms with Gasteiger partial charge in [-0.2, -0.15) is 9.98 Å². The summed E-state index contributed by atoms with van der Waals surface area (Å²) in [6.07, 6.45) is 2.72. The van der Waals surface area contributed by atoms with Crippen LogP contribution in [0, 0.1) is 5.92 Å². The van der Waals surface area contributed by atoms with Crippen LogP contribution in [0.1, 0.15) is 55.9 Å². The van der Waals surface area contributed by atoms with Crippen molar-refractivity contribution in [2.75, 3.05) is 14.2 Å². The van der Waals surface area contributed by atoms with Crippen LogP contribution in [0.4, 0.5) is 0 Å². The molecule has 0 amide bonds. The molecule has 4 nitrogen and oxygen atoms in total. The Balaban J connectivity index is 1.97. The molecular weight excluding hydrogens is 408 g/mol. The molecule has 0 saturated carbocycles. The summed E-state index contributed by atoms with van der Waals surface area (Å²) < 4.78 is 10.8. The van der Waals surface area contributed by atoms with E-state index >= 15 is 0 Å². The second-order valence-electron chi connectivity index (χ2n) is 8.33. The lowest BCUT2D eigenvalue weighted by Crippen LogP contribution is -2.11. The molecule has 0 spiro atoms. The largest absolute Gasteiger partial charge is 0.467 e. The summed E-state index contributed by atoms with van der Waals surface area (Å²) >= 11 is 6.53. The number of allylic oxidation sites excluding steroid dienone is 1. The summed E-state index contributed by atoms with van der Waals surface area (Å²) in [7, 11) is 3.28. The molecule has 2 aromatic carbocycles. The van der Waals surface area contributed by atoms with Crippen LogP contribution in [0.25, 0.3) is 5.70 Å². The van der Waals surface area contributed by atoms with Crippen LogP contribution in [0.5, 0.6) is 0 Å². The molecule has 1 heterocycles. The summed E-state index contributed by atoms with van der Waals surface area (Å²) in [6.45, 7) is 7.09. The molecule has 164 valence electrons. The molecule has 0 aliphatic carbocycles.